The number of pyridine rings is 1. The van der Waals surface area contributed by atoms with E-state index in [4.69, 9.17) is 0 Å². The Balaban J connectivity index is 1.67. The van der Waals surface area contributed by atoms with E-state index >= 15 is 0 Å². The average molecular weight is 278 g/mol. The van der Waals surface area contributed by atoms with Gasteiger partial charge in [0.25, 0.3) is 0 Å². The van der Waals surface area contributed by atoms with E-state index in [1.54, 1.807) is 0 Å². The van der Waals surface area contributed by atoms with Gasteiger partial charge in [-0.25, -0.2) is 9.97 Å². The smallest absolute Gasteiger partial charge is 0.141 e. The fraction of sp³-hybridized carbons (Fsp3) is 0.294. The number of benzene rings is 1. The first-order valence-corrected chi connectivity index (χ1v) is 7.42. The zero-order chi connectivity index (χ0) is 14.2. The van der Waals surface area contributed by atoms with Crippen LogP contribution in [0.2, 0.25) is 0 Å². The highest BCUT2D eigenvalue weighted by Gasteiger charge is 2.20. The third kappa shape index (κ3) is 2.43. The molecule has 1 aliphatic carbocycles. The predicted octanol–water partition coefficient (Wildman–Crippen LogP) is 2.98. The Morgan fingerprint density at radius 3 is 2.90 bits per heavy atom. The summed E-state index contributed by atoms with van der Waals surface area (Å²) >= 11 is 0. The third-order valence-corrected chi connectivity index (χ3v) is 3.96. The summed E-state index contributed by atoms with van der Waals surface area (Å²) in [6, 6.07) is 11.1. The van der Waals surface area contributed by atoms with Crippen LogP contribution < -0.4 is 5.32 Å². The number of aryl methyl sites for hydroxylation is 1. The number of aromatic nitrogens is 3. The van der Waals surface area contributed by atoms with Crippen LogP contribution in [0, 0.1) is 6.92 Å². The van der Waals surface area contributed by atoms with Gasteiger partial charge in [-0.2, -0.15) is 0 Å². The van der Waals surface area contributed by atoms with E-state index in [0.29, 0.717) is 0 Å². The van der Waals surface area contributed by atoms with Crippen molar-refractivity contribution in [3.63, 3.8) is 0 Å². The van der Waals surface area contributed by atoms with E-state index in [0.717, 1.165) is 29.4 Å². The molecule has 0 aliphatic heterocycles. The molecule has 0 bridgehead atoms. The van der Waals surface area contributed by atoms with Crippen molar-refractivity contribution in [3.8, 4) is 5.82 Å². The molecule has 106 valence electrons. The molecule has 0 unspecified atom stereocenters. The maximum Gasteiger partial charge on any atom is 0.141 e. The Bertz CT molecular complexity index is 786. The van der Waals surface area contributed by atoms with E-state index in [1.165, 1.54) is 24.0 Å². The molecular formula is C17H18N4. The largest absolute Gasteiger partial charge is 0.310 e. The zero-order valence-corrected chi connectivity index (χ0v) is 12.1. The number of imidazole rings is 1. The van der Waals surface area contributed by atoms with Crippen LogP contribution in [-0.2, 0) is 6.54 Å². The molecule has 1 aromatic carbocycles. The van der Waals surface area contributed by atoms with Crippen LogP contribution >= 0.6 is 0 Å². The first-order valence-electron chi connectivity index (χ1n) is 7.42. The monoisotopic (exact) mass is 278 g/mol. The molecule has 4 rings (SSSR count). The SMILES string of the molecule is Cc1cc(CNC2CC2)cnc1-n1cnc2ccccc21. The molecule has 0 saturated heterocycles. The third-order valence-electron chi connectivity index (χ3n) is 3.96. The highest BCUT2D eigenvalue weighted by molar-refractivity contribution is 5.77. The molecule has 3 aromatic rings. The van der Waals surface area contributed by atoms with Crippen molar-refractivity contribution < 1.29 is 0 Å². The van der Waals surface area contributed by atoms with Gasteiger partial charge in [-0.05, 0) is 49.1 Å². The van der Waals surface area contributed by atoms with Crippen LogP contribution in [-0.4, -0.2) is 20.6 Å². The summed E-state index contributed by atoms with van der Waals surface area (Å²) in [5.74, 6) is 0.957. The Labute approximate surface area is 123 Å². The first-order chi connectivity index (χ1) is 10.3. The Morgan fingerprint density at radius 1 is 1.24 bits per heavy atom. The molecule has 0 spiro atoms. The van der Waals surface area contributed by atoms with Crippen LogP contribution in [0.1, 0.15) is 24.0 Å². The first kappa shape index (κ1) is 12.5. The van der Waals surface area contributed by atoms with E-state index < -0.39 is 0 Å². The predicted molar refractivity (Wildman–Crippen MR) is 83.5 cm³/mol. The van der Waals surface area contributed by atoms with E-state index in [2.05, 4.69) is 38.9 Å². The second-order valence-corrected chi connectivity index (χ2v) is 5.74. The van der Waals surface area contributed by atoms with Gasteiger partial charge < -0.3 is 5.32 Å². The average Bonchev–Trinajstić information content (AvgIpc) is 3.24. The Hall–Kier alpha value is -2.20. The van der Waals surface area contributed by atoms with Crippen molar-refractivity contribution in [2.45, 2.75) is 32.4 Å². The Morgan fingerprint density at radius 2 is 2.10 bits per heavy atom. The van der Waals surface area contributed by atoms with Gasteiger partial charge >= 0.3 is 0 Å². The maximum atomic E-state index is 4.65. The molecule has 4 heteroatoms. The minimum absolute atomic E-state index is 0.725. The van der Waals surface area contributed by atoms with Gasteiger partial charge in [0.05, 0.1) is 11.0 Å². The van der Waals surface area contributed by atoms with Gasteiger partial charge in [0.1, 0.15) is 12.1 Å². The quantitative estimate of drug-likeness (QED) is 0.798. The van der Waals surface area contributed by atoms with E-state index in [-0.39, 0.29) is 0 Å². The molecular weight excluding hydrogens is 260 g/mol. The number of hydrogen-bond acceptors (Lipinski definition) is 3. The second-order valence-electron chi connectivity index (χ2n) is 5.74. The van der Waals surface area contributed by atoms with Crippen molar-refractivity contribution >= 4 is 11.0 Å². The van der Waals surface area contributed by atoms with Crippen molar-refractivity contribution in [1.29, 1.82) is 0 Å². The summed E-state index contributed by atoms with van der Waals surface area (Å²) < 4.78 is 2.06. The summed E-state index contributed by atoms with van der Waals surface area (Å²) in [7, 11) is 0. The molecule has 1 aliphatic rings. The molecule has 2 heterocycles. The van der Waals surface area contributed by atoms with Crippen LogP contribution in [0.4, 0.5) is 0 Å². The lowest BCUT2D eigenvalue weighted by molar-refractivity contribution is 0.685. The lowest BCUT2D eigenvalue weighted by atomic mass is 10.2. The molecule has 0 amide bonds. The second kappa shape index (κ2) is 4.97. The Kier molecular flexibility index (Phi) is 2.97. The topological polar surface area (TPSA) is 42.7 Å². The molecule has 1 N–H and O–H groups in total. The van der Waals surface area contributed by atoms with E-state index in [9.17, 15) is 0 Å². The summed E-state index contributed by atoms with van der Waals surface area (Å²) in [6.07, 6.45) is 6.44. The van der Waals surface area contributed by atoms with Crippen LogP contribution in [0.3, 0.4) is 0 Å². The van der Waals surface area contributed by atoms with Gasteiger partial charge in [0, 0.05) is 18.8 Å². The number of hydrogen-bond donors (Lipinski definition) is 1. The van der Waals surface area contributed by atoms with Crippen LogP contribution in [0.25, 0.3) is 16.9 Å². The summed E-state index contributed by atoms with van der Waals surface area (Å²) in [5.41, 5.74) is 4.51. The normalized spacial score (nSPS) is 14.7. The molecule has 21 heavy (non-hydrogen) atoms. The van der Waals surface area contributed by atoms with Gasteiger partial charge in [0.2, 0.25) is 0 Å². The number of nitrogens with one attached hydrogen (secondary N) is 1. The number of para-hydroxylation sites is 2. The van der Waals surface area contributed by atoms with Crippen molar-refractivity contribution in [2.24, 2.45) is 0 Å². The van der Waals surface area contributed by atoms with Crippen LogP contribution in [0.5, 0.6) is 0 Å². The lowest BCUT2D eigenvalue weighted by Gasteiger charge is -2.09. The maximum absolute atomic E-state index is 4.65. The van der Waals surface area contributed by atoms with E-state index in [1.807, 2.05) is 30.7 Å². The minimum Gasteiger partial charge on any atom is -0.310 e. The molecule has 2 aromatic heterocycles. The van der Waals surface area contributed by atoms with Gasteiger partial charge in [-0.15, -0.1) is 0 Å². The number of fused-ring (bicyclic) bond motifs is 1. The van der Waals surface area contributed by atoms with Gasteiger partial charge in [-0.1, -0.05) is 12.1 Å². The summed E-state index contributed by atoms with van der Waals surface area (Å²) in [4.78, 5) is 9.09. The molecule has 4 nitrogen and oxygen atoms in total. The van der Waals surface area contributed by atoms with Crippen molar-refractivity contribution in [3.05, 3.63) is 54.0 Å². The fourth-order valence-corrected chi connectivity index (χ4v) is 2.65. The van der Waals surface area contributed by atoms with Crippen molar-refractivity contribution in [2.75, 3.05) is 0 Å². The standard InChI is InChI=1S/C17H18N4/c1-12-8-13(9-18-14-6-7-14)10-19-17(12)21-11-20-15-4-2-3-5-16(15)21/h2-5,8,10-11,14,18H,6-7,9H2,1H3. The summed E-state index contributed by atoms with van der Waals surface area (Å²) in [6.45, 7) is 3.02. The molecule has 1 fully saturated rings. The van der Waals surface area contributed by atoms with Crippen LogP contribution in [0.15, 0.2) is 42.9 Å². The highest BCUT2D eigenvalue weighted by atomic mass is 15.1. The number of nitrogens with zero attached hydrogens (tertiary/aromatic N) is 3. The molecule has 0 radical (unpaired) electrons. The molecule has 0 atom stereocenters. The number of rotatable bonds is 4. The lowest BCUT2D eigenvalue weighted by Crippen LogP contribution is -2.15. The zero-order valence-electron chi connectivity index (χ0n) is 12.1. The fourth-order valence-electron chi connectivity index (χ4n) is 2.65. The van der Waals surface area contributed by atoms with Crippen molar-refractivity contribution in [1.82, 2.24) is 19.9 Å². The van der Waals surface area contributed by atoms with Gasteiger partial charge in [-0.3, -0.25) is 4.57 Å². The summed E-state index contributed by atoms with van der Waals surface area (Å²) in [5, 5.41) is 3.52. The van der Waals surface area contributed by atoms with Gasteiger partial charge in [0.15, 0.2) is 0 Å². The molecule has 1 saturated carbocycles. The minimum atomic E-state index is 0.725. The highest BCUT2D eigenvalue weighted by Crippen LogP contribution is 2.21.